The van der Waals surface area contributed by atoms with E-state index in [2.05, 4.69) is 0 Å². The van der Waals surface area contributed by atoms with E-state index in [4.69, 9.17) is 0 Å². The molecule has 0 amide bonds. The molecule has 2 rings (SSSR count). The molecule has 2 heteroatoms. The molecule has 0 spiro atoms. The number of benzene rings is 2. The number of ketones is 2. The summed E-state index contributed by atoms with van der Waals surface area (Å²) < 4.78 is 0. The number of allylic oxidation sites excluding steroid dienone is 1. The monoisotopic (exact) mass is 306 g/mol. The van der Waals surface area contributed by atoms with Gasteiger partial charge in [-0.1, -0.05) is 60.2 Å². The third-order valence-electron chi connectivity index (χ3n) is 3.82. The van der Waals surface area contributed by atoms with Crippen LogP contribution in [0.2, 0.25) is 0 Å². The molecule has 0 N–H and O–H groups in total. The smallest absolute Gasteiger partial charge is 0.162 e. The molecule has 0 aliphatic rings. The third kappa shape index (κ3) is 5.33. The zero-order chi connectivity index (χ0) is 16.7. The SMILES string of the molecule is CC(=O)/C(=C/c1ccccc1)CCCC(=O)c1ccc(C)cc1. The van der Waals surface area contributed by atoms with Crippen molar-refractivity contribution in [3.63, 3.8) is 0 Å². The quantitative estimate of drug-likeness (QED) is 0.531. The van der Waals surface area contributed by atoms with Gasteiger partial charge in [0.05, 0.1) is 0 Å². The van der Waals surface area contributed by atoms with Gasteiger partial charge in [-0.2, -0.15) is 0 Å². The molecule has 0 bridgehead atoms. The lowest BCUT2D eigenvalue weighted by Crippen LogP contribution is -2.02. The molecule has 23 heavy (non-hydrogen) atoms. The molecule has 0 saturated heterocycles. The van der Waals surface area contributed by atoms with E-state index in [0.29, 0.717) is 19.3 Å². The Morgan fingerprint density at radius 2 is 1.57 bits per heavy atom. The molecule has 2 aromatic carbocycles. The van der Waals surface area contributed by atoms with Crippen molar-refractivity contribution in [2.75, 3.05) is 0 Å². The van der Waals surface area contributed by atoms with Crippen molar-refractivity contribution in [1.82, 2.24) is 0 Å². The molecule has 0 heterocycles. The molecule has 0 atom stereocenters. The Labute approximate surface area is 137 Å². The van der Waals surface area contributed by atoms with Crippen LogP contribution in [-0.4, -0.2) is 11.6 Å². The Morgan fingerprint density at radius 3 is 2.17 bits per heavy atom. The summed E-state index contributed by atoms with van der Waals surface area (Å²) in [6.45, 7) is 3.58. The average molecular weight is 306 g/mol. The molecule has 0 aromatic heterocycles. The molecular formula is C21H22O2. The summed E-state index contributed by atoms with van der Waals surface area (Å²) in [5.41, 5.74) is 3.67. The van der Waals surface area contributed by atoms with E-state index in [9.17, 15) is 9.59 Å². The first kappa shape index (κ1) is 16.9. The van der Waals surface area contributed by atoms with Gasteiger partial charge in [0.2, 0.25) is 0 Å². The molecular weight excluding hydrogens is 284 g/mol. The van der Waals surface area contributed by atoms with Crippen molar-refractivity contribution in [3.8, 4) is 0 Å². The van der Waals surface area contributed by atoms with Crippen LogP contribution in [0.5, 0.6) is 0 Å². The highest BCUT2D eigenvalue weighted by molar-refractivity contribution is 5.98. The molecule has 0 saturated carbocycles. The van der Waals surface area contributed by atoms with Crippen LogP contribution in [-0.2, 0) is 4.79 Å². The van der Waals surface area contributed by atoms with E-state index in [-0.39, 0.29) is 11.6 Å². The first-order valence-corrected chi connectivity index (χ1v) is 7.92. The fourth-order valence-corrected chi connectivity index (χ4v) is 2.42. The Hall–Kier alpha value is -2.48. The molecule has 0 aliphatic heterocycles. The van der Waals surface area contributed by atoms with Gasteiger partial charge < -0.3 is 0 Å². The van der Waals surface area contributed by atoms with Crippen LogP contribution in [0.25, 0.3) is 6.08 Å². The second-order valence-electron chi connectivity index (χ2n) is 5.78. The molecule has 2 nitrogen and oxygen atoms in total. The predicted octanol–water partition coefficient (Wildman–Crippen LogP) is 5.02. The minimum atomic E-state index is 0.0663. The van der Waals surface area contributed by atoms with Gasteiger partial charge in [-0.3, -0.25) is 9.59 Å². The van der Waals surface area contributed by atoms with Crippen LogP contribution in [0.4, 0.5) is 0 Å². The molecule has 0 radical (unpaired) electrons. The fraction of sp³-hybridized carbons (Fsp3) is 0.238. The summed E-state index contributed by atoms with van der Waals surface area (Å²) in [6.07, 6.45) is 3.69. The van der Waals surface area contributed by atoms with E-state index in [1.54, 1.807) is 6.92 Å². The van der Waals surface area contributed by atoms with Crippen molar-refractivity contribution >= 4 is 17.6 Å². The van der Waals surface area contributed by atoms with Gasteiger partial charge in [-0.05, 0) is 43.9 Å². The number of carbonyl (C=O) groups excluding carboxylic acids is 2. The van der Waals surface area contributed by atoms with Crippen LogP contribution >= 0.6 is 0 Å². The lowest BCUT2D eigenvalue weighted by molar-refractivity contribution is -0.113. The van der Waals surface area contributed by atoms with E-state index < -0.39 is 0 Å². The topological polar surface area (TPSA) is 34.1 Å². The summed E-state index contributed by atoms with van der Waals surface area (Å²) in [4.78, 5) is 23.9. The van der Waals surface area contributed by atoms with Crippen LogP contribution in [0.1, 0.15) is 47.7 Å². The maximum Gasteiger partial charge on any atom is 0.162 e. The highest BCUT2D eigenvalue weighted by Gasteiger charge is 2.08. The summed E-state index contributed by atoms with van der Waals surface area (Å²) in [7, 11) is 0. The Kier molecular flexibility index (Phi) is 6.04. The zero-order valence-electron chi connectivity index (χ0n) is 13.7. The summed E-state index contributed by atoms with van der Waals surface area (Å²) in [5, 5.41) is 0. The molecule has 0 unspecified atom stereocenters. The van der Waals surface area contributed by atoms with Gasteiger partial charge in [0.1, 0.15) is 0 Å². The van der Waals surface area contributed by atoms with Crippen molar-refractivity contribution in [2.24, 2.45) is 0 Å². The van der Waals surface area contributed by atoms with Crippen LogP contribution in [0.15, 0.2) is 60.2 Å². The number of hydrogen-bond donors (Lipinski definition) is 0. The minimum Gasteiger partial charge on any atom is -0.295 e. The number of Topliss-reactive ketones (excluding diaryl/α,β-unsaturated/α-hetero) is 2. The maximum atomic E-state index is 12.2. The van der Waals surface area contributed by atoms with E-state index in [0.717, 1.165) is 22.3 Å². The van der Waals surface area contributed by atoms with Crippen molar-refractivity contribution in [1.29, 1.82) is 0 Å². The Balaban J connectivity index is 1.95. The third-order valence-corrected chi connectivity index (χ3v) is 3.82. The van der Waals surface area contributed by atoms with Gasteiger partial charge in [0.15, 0.2) is 11.6 Å². The average Bonchev–Trinajstić information content (AvgIpc) is 2.55. The van der Waals surface area contributed by atoms with E-state index in [1.807, 2.05) is 67.6 Å². The summed E-state index contributed by atoms with van der Waals surface area (Å²) in [5.74, 6) is 0.198. The largest absolute Gasteiger partial charge is 0.295 e. The molecule has 118 valence electrons. The van der Waals surface area contributed by atoms with Gasteiger partial charge in [0.25, 0.3) is 0 Å². The Morgan fingerprint density at radius 1 is 0.913 bits per heavy atom. The predicted molar refractivity (Wildman–Crippen MR) is 94.5 cm³/mol. The first-order valence-electron chi connectivity index (χ1n) is 7.92. The standard InChI is InChI=1S/C21H22O2/c1-16-11-13-19(14-12-16)21(23)10-6-9-20(17(2)22)15-18-7-4-3-5-8-18/h3-5,7-8,11-15H,6,9-10H2,1-2H3/b20-15+. The maximum absolute atomic E-state index is 12.2. The Bertz CT molecular complexity index is 694. The lowest BCUT2D eigenvalue weighted by atomic mass is 9.99. The van der Waals surface area contributed by atoms with E-state index in [1.165, 1.54) is 0 Å². The van der Waals surface area contributed by atoms with Crippen molar-refractivity contribution in [3.05, 3.63) is 76.9 Å². The van der Waals surface area contributed by atoms with Crippen molar-refractivity contribution in [2.45, 2.75) is 33.1 Å². The zero-order valence-corrected chi connectivity index (χ0v) is 13.7. The number of aryl methyl sites for hydroxylation is 1. The summed E-state index contributed by atoms with van der Waals surface area (Å²) in [6, 6.07) is 17.4. The minimum absolute atomic E-state index is 0.0663. The number of carbonyl (C=O) groups is 2. The molecule has 0 fully saturated rings. The fourth-order valence-electron chi connectivity index (χ4n) is 2.42. The number of hydrogen-bond acceptors (Lipinski definition) is 2. The summed E-state index contributed by atoms with van der Waals surface area (Å²) >= 11 is 0. The normalized spacial score (nSPS) is 11.3. The van der Waals surface area contributed by atoms with Gasteiger partial charge in [-0.25, -0.2) is 0 Å². The van der Waals surface area contributed by atoms with Gasteiger partial charge in [-0.15, -0.1) is 0 Å². The van der Waals surface area contributed by atoms with Gasteiger partial charge in [0, 0.05) is 12.0 Å². The highest BCUT2D eigenvalue weighted by atomic mass is 16.1. The molecule has 2 aromatic rings. The lowest BCUT2D eigenvalue weighted by Gasteiger charge is -2.05. The second-order valence-corrected chi connectivity index (χ2v) is 5.78. The van der Waals surface area contributed by atoms with Crippen molar-refractivity contribution < 1.29 is 9.59 Å². The molecule has 0 aliphatic carbocycles. The van der Waals surface area contributed by atoms with Crippen LogP contribution in [0, 0.1) is 6.92 Å². The number of rotatable bonds is 7. The highest BCUT2D eigenvalue weighted by Crippen LogP contribution is 2.16. The van der Waals surface area contributed by atoms with Crippen LogP contribution < -0.4 is 0 Å². The first-order chi connectivity index (χ1) is 11.1. The van der Waals surface area contributed by atoms with Crippen LogP contribution in [0.3, 0.4) is 0 Å². The van der Waals surface area contributed by atoms with E-state index >= 15 is 0 Å². The van der Waals surface area contributed by atoms with Gasteiger partial charge >= 0.3 is 0 Å². The second kappa shape index (κ2) is 8.23.